The van der Waals surface area contributed by atoms with E-state index in [0.29, 0.717) is 24.7 Å². The maximum Gasteiger partial charge on any atom is 0.294 e. The van der Waals surface area contributed by atoms with Gasteiger partial charge in [0.15, 0.2) is 17.6 Å². The first kappa shape index (κ1) is 17.8. The van der Waals surface area contributed by atoms with Gasteiger partial charge in [-0.05, 0) is 12.1 Å². The van der Waals surface area contributed by atoms with Crippen LogP contribution < -0.4 is 14.8 Å². The van der Waals surface area contributed by atoms with Crippen LogP contribution in [0, 0.1) is 10.1 Å². The molecule has 0 aliphatic heterocycles. The monoisotopic (exact) mass is 310 g/mol. The summed E-state index contributed by atoms with van der Waals surface area (Å²) in [6.07, 6.45) is 0.923. The van der Waals surface area contributed by atoms with Crippen molar-refractivity contribution in [3.05, 3.63) is 47.0 Å². The van der Waals surface area contributed by atoms with Gasteiger partial charge in [-0.1, -0.05) is 38.6 Å². The molecule has 7 nitrogen and oxygen atoms in total. The Hall–Kier alpha value is -2.28. The second-order valence-electron chi connectivity index (χ2n) is 4.87. The number of benzene rings is 1. The van der Waals surface area contributed by atoms with Crippen LogP contribution in [0.2, 0.25) is 0 Å². The van der Waals surface area contributed by atoms with E-state index < -0.39 is 11.2 Å². The molecular weight excluding hydrogens is 288 g/mol. The molecular formula is C15H22N2O5. The highest BCUT2D eigenvalue weighted by Gasteiger charge is 2.16. The lowest BCUT2D eigenvalue weighted by Gasteiger charge is -2.19. The van der Waals surface area contributed by atoms with Crippen molar-refractivity contribution in [2.24, 2.45) is 0 Å². The van der Waals surface area contributed by atoms with Gasteiger partial charge in [0.25, 0.3) is 5.09 Å². The summed E-state index contributed by atoms with van der Waals surface area (Å²) in [5.41, 5.74) is 0. The van der Waals surface area contributed by atoms with E-state index in [1.54, 1.807) is 24.3 Å². The van der Waals surface area contributed by atoms with Crippen molar-refractivity contribution in [1.82, 2.24) is 5.32 Å². The molecule has 1 aromatic rings. The Morgan fingerprint density at radius 3 is 2.50 bits per heavy atom. The quantitative estimate of drug-likeness (QED) is 0.383. The highest BCUT2D eigenvalue weighted by atomic mass is 17.0. The van der Waals surface area contributed by atoms with Crippen molar-refractivity contribution < 1.29 is 19.4 Å². The first-order valence-corrected chi connectivity index (χ1v) is 7.03. The fraction of sp³-hybridized carbons (Fsp3) is 0.467. The van der Waals surface area contributed by atoms with Gasteiger partial charge in [-0.2, -0.15) is 0 Å². The standard InChI is InChI=1S/C15H22N2O5/c1-4-9-20-14-7-5-6-8-15(14)21-11-13(22-17(18)19)10-16-12(2)3/h4-8,12-13,16H,1,9-11H2,2-3H3. The van der Waals surface area contributed by atoms with E-state index in [4.69, 9.17) is 9.47 Å². The predicted molar refractivity (Wildman–Crippen MR) is 82.6 cm³/mol. The van der Waals surface area contributed by atoms with E-state index in [-0.39, 0.29) is 12.6 Å². The van der Waals surface area contributed by atoms with Crippen LogP contribution in [0.3, 0.4) is 0 Å². The molecule has 0 saturated carbocycles. The van der Waals surface area contributed by atoms with Gasteiger partial charge >= 0.3 is 0 Å². The molecule has 1 unspecified atom stereocenters. The first-order valence-electron chi connectivity index (χ1n) is 7.03. The van der Waals surface area contributed by atoms with Crippen LogP contribution in [0.25, 0.3) is 0 Å². The van der Waals surface area contributed by atoms with Gasteiger partial charge in [0.1, 0.15) is 13.2 Å². The molecule has 0 bridgehead atoms. The zero-order chi connectivity index (χ0) is 16.4. The zero-order valence-corrected chi connectivity index (χ0v) is 12.9. The van der Waals surface area contributed by atoms with E-state index in [9.17, 15) is 10.1 Å². The molecule has 0 aliphatic carbocycles. The molecule has 1 atom stereocenters. The molecule has 0 fully saturated rings. The normalized spacial score (nSPS) is 11.8. The van der Waals surface area contributed by atoms with Crippen LogP contribution in [0.4, 0.5) is 0 Å². The Kier molecular flexibility index (Phi) is 7.77. The van der Waals surface area contributed by atoms with Crippen molar-refractivity contribution in [3.8, 4) is 11.5 Å². The molecule has 0 aliphatic rings. The number of para-hydroxylation sites is 2. The predicted octanol–water partition coefficient (Wildman–Crippen LogP) is 2.21. The lowest BCUT2D eigenvalue weighted by atomic mass is 10.3. The molecule has 0 aromatic heterocycles. The summed E-state index contributed by atoms with van der Waals surface area (Å²) in [7, 11) is 0. The minimum Gasteiger partial charge on any atom is -0.487 e. The van der Waals surface area contributed by atoms with Gasteiger partial charge in [0.05, 0.1) is 0 Å². The van der Waals surface area contributed by atoms with Gasteiger partial charge in [0, 0.05) is 12.6 Å². The molecule has 1 rings (SSSR count). The highest BCUT2D eigenvalue weighted by molar-refractivity contribution is 5.39. The van der Waals surface area contributed by atoms with Crippen molar-refractivity contribution in [2.75, 3.05) is 19.8 Å². The van der Waals surface area contributed by atoms with E-state index in [1.165, 1.54) is 0 Å². The van der Waals surface area contributed by atoms with Crippen LogP contribution in [-0.2, 0) is 4.84 Å². The maximum atomic E-state index is 10.5. The largest absolute Gasteiger partial charge is 0.487 e. The van der Waals surface area contributed by atoms with Gasteiger partial charge in [-0.15, -0.1) is 10.1 Å². The van der Waals surface area contributed by atoms with Gasteiger partial charge < -0.3 is 19.6 Å². The van der Waals surface area contributed by atoms with Crippen molar-refractivity contribution in [1.29, 1.82) is 0 Å². The number of ether oxygens (including phenoxy) is 2. The SMILES string of the molecule is C=CCOc1ccccc1OCC(CNC(C)C)O[N+](=O)[O-]. The molecule has 1 N–H and O–H groups in total. The van der Waals surface area contributed by atoms with Gasteiger partial charge in [-0.25, -0.2) is 0 Å². The summed E-state index contributed by atoms with van der Waals surface area (Å²) in [6.45, 7) is 8.18. The summed E-state index contributed by atoms with van der Waals surface area (Å²) in [6, 6.07) is 7.30. The van der Waals surface area contributed by atoms with Crippen LogP contribution >= 0.6 is 0 Å². The average Bonchev–Trinajstić information content (AvgIpc) is 2.48. The minimum atomic E-state index is -0.809. The Bertz CT molecular complexity index is 479. The Morgan fingerprint density at radius 2 is 1.95 bits per heavy atom. The maximum absolute atomic E-state index is 10.5. The first-order chi connectivity index (χ1) is 10.5. The Morgan fingerprint density at radius 1 is 1.32 bits per heavy atom. The van der Waals surface area contributed by atoms with Crippen molar-refractivity contribution in [2.45, 2.75) is 26.0 Å². The lowest BCUT2D eigenvalue weighted by Crippen LogP contribution is -2.38. The number of nitrogens with zero attached hydrogens (tertiary/aromatic N) is 1. The van der Waals surface area contributed by atoms with Crippen LogP contribution in [0.15, 0.2) is 36.9 Å². The second-order valence-corrected chi connectivity index (χ2v) is 4.87. The highest BCUT2D eigenvalue weighted by Crippen LogP contribution is 2.26. The zero-order valence-electron chi connectivity index (χ0n) is 12.9. The Labute approximate surface area is 130 Å². The average molecular weight is 310 g/mol. The topological polar surface area (TPSA) is 82.9 Å². The fourth-order valence-corrected chi connectivity index (χ4v) is 1.64. The third kappa shape index (κ3) is 6.94. The summed E-state index contributed by atoms with van der Waals surface area (Å²) in [5.74, 6) is 1.06. The summed E-state index contributed by atoms with van der Waals surface area (Å²) in [5, 5.41) is 12.8. The van der Waals surface area contributed by atoms with Gasteiger partial charge in [0.2, 0.25) is 0 Å². The molecule has 122 valence electrons. The third-order valence-corrected chi connectivity index (χ3v) is 2.62. The lowest BCUT2D eigenvalue weighted by molar-refractivity contribution is -0.768. The molecule has 0 spiro atoms. The molecule has 22 heavy (non-hydrogen) atoms. The van der Waals surface area contributed by atoms with Crippen molar-refractivity contribution >= 4 is 0 Å². The number of hydrogen-bond donors (Lipinski definition) is 1. The second kappa shape index (κ2) is 9.62. The van der Waals surface area contributed by atoms with E-state index in [2.05, 4.69) is 16.7 Å². The van der Waals surface area contributed by atoms with Crippen LogP contribution in [0.1, 0.15) is 13.8 Å². The molecule has 0 radical (unpaired) electrons. The molecule has 1 aromatic carbocycles. The van der Waals surface area contributed by atoms with E-state index >= 15 is 0 Å². The van der Waals surface area contributed by atoms with Crippen molar-refractivity contribution in [3.63, 3.8) is 0 Å². The fourth-order valence-electron chi connectivity index (χ4n) is 1.64. The Balaban J connectivity index is 2.62. The number of rotatable bonds is 11. The molecule has 7 heteroatoms. The number of nitrogens with one attached hydrogen (secondary N) is 1. The summed E-state index contributed by atoms with van der Waals surface area (Å²) < 4.78 is 11.1. The smallest absolute Gasteiger partial charge is 0.294 e. The van der Waals surface area contributed by atoms with Crippen LogP contribution in [0.5, 0.6) is 11.5 Å². The third-order valence-electron chi connectivity index (χ3n) is 2.62. The van der Waals surface area contributed by atoms with Gasteiger partial charge in [-0.3, -0.25) is 0 Å². The van der Waals surface area contributed by atoms with E-state index in [1.807, 2.05) is 19.9 Å². The summed E-state index contributed by atoms with van der Waals surface area (Å²) in [4.78, 5) is 15.2. The molecule has 0 heterocycles. The number of hydrogen-bond acceptors (Lipinski definition) is 6. The van der Waals surface area contributed by atoms with E-state index in [0.717, 1.165) is 0 Å². The molecule has 0 saturated heterocycles. The summed E-state index contributed by atoms with van der Waals surface area (Å²) >= 11 is 0. The van der Waals surface area contributed by atoms with Crippen LogP contribution in [-0.4, -0.2) is 37.0 Å². The molecule has 0 amide bonds. The minimum absolute atomic E-state index is 0.0369.